The molecule has 5 nitrogen and oxygen atoms in total. The molecular weight excluding hydrogens is 230 g/mol. The van der Waals surface area contributed by atoms with E-state index >= 15 is 0 Å². The van der Waals surface area contributed by atoms with E-state index in [1.165, 1.54) is 6.20 Å². The second-order valence-corrected chi connectivity index (χ2v) is 5.07. The van der Waals surface area contributed by atoms with E-state index in [0.717, 1.165) is 6.42 Å². The summed E-state index contributed by atoms with van der Waals surface area (Å²) < 4.78 is 5.04. The van der Waals surface area contributed by atoms with E-state index in [1.807, 2.05) is 0 Å². The predicted octanol–water partition coefficient (Wildman–Crippen LogP) is 1.46. The highest BCUT2D eigenvalue weighted by Gasteiger charge is 2.19. The van der Waals surface area contributed by atoms with Gasteiger partial charge >= 0.3 is 0 Å². The quantitative estimate of drug-likeness (QED) is 0.802. The highest BCUT2D eigenvalue weighted by molar-refractivity contribution is 5.92. The van der Waals surface area contributed by atoms with E-state index in [0.29, 0.717) is 24.5 Å². The van der Waals surface area contributed by atoms with Gasteiger partial charge in [0.2, 0.25) is 0 Å². The van der Waals surface area contributed by atoms with Crippen molar-refractivity contribution in [2.75, 3.05) is 26.0 Å². The molecule has 0 saturated carbocycles. The molecule has 0 spiro atoms. The molecule has 0 aliphatic heterocycles. The molecule has 0 saturated heterocycles. The maximum atomic E-state index is 11.8. The molecular formula is C13H21N3O2. The maximum absolute atomic E-state index is 11.8. The predicted molar refractivity (Wildman–Crippen MR) is 71.3 cm³/mol. The van der Waals surface area contributed by atoms with Gasteiger partial charge in [0.1, 0.15) is 5.69 Å². The smallest absolute Gasteiger partial charge is 0.269 e. The number of carbonyl (C=O) groups excluding carboxylic acids is 1. The molecule has 1 rings (SSSR count). The van der Waals surface area contributed by atoms with Crippen molar-refractivity contribution in [2.24, 2.45) is 5.41 Å². The van der Waals surface area contributed by atoms with Gasteiger partial charge in [-0.1, -0.05) is 13.8 Å². The third kappa shape index (κ3) is 4.71. The second kappa shape index (κ2) is 6.35. The Balaban J connectivity index is 2.48. The molecule has 0 fully saturated rings. The SMILES string of the molecule is COCCC(C)(C)CNC(=O)c1ccc(N)cn1. The van der Waals surface area contributed by atoms with E-state index in [4.69, 9.17) is 10.5 Å². The third-order valence-electron chi connectivity index (χ3n) is 2.73. The number of aromatic nitrogens is 1. The standard InChI is InChI=1S/C13H21N3O2/c1-13(2,6-7-18-3)9-16-12(17)11-5-4-10(14)8-15-11/h4-5,8H,6-7,9,14H2,1-3H3,(H,16,17). The lowest BCUT2D eigenvalue weighted by Gasteiger charge is -2.24. The molecule has 0 atom stereocenters. The number of hydrogen-bond acceptors (Lipinski definition) is 4. The zero-order valence-electron chi connectivity index (χ0n) is 11.2. The van der Waals surface area contributed by atoms with Crippen molar-refractivity contribution in [3.63, 3.8) is 0 Å². The largest absolute Gasteiger partial charge is 0.397 e. The number of nitrogens with two attached hydrogens (primary N) is 1. The van der Waals surface area contributed by atoms with Crippen LogP contribution < -0.4 is 11.1 Å². The van der Waals surface area contributed by atoms with Crippen LogP contribution in [0.4, 0.5) is 5.69 Å². The molecule has 0 aromatic carbocycles. The summed E-state index contributed by atoms with van der Waals surface area (Å²) >= 11 is 0. The molecule has 0 aliphatic rings. The molecule has 0 unspecified atom stereocenters. The first-order valence-electron chi connectivity index (χ1n) is 5.93. The molecule has 1 aromatic heterocycles. The van der Waals surface area contributed by atoms with Gasteiger partial charge in [-0.25, -0.2) is 4.98 Å². The van der Waals surface area contributed by atoms with Gasteiger partial charge in [0, 0.05) is 20.3 Å². The zero-order chi connectivity index (χ0) is 13.6. The Bertz CT molecular complexity index is 388. The maximum Gasteiger partial charge on any atom is 0.269 e. The number of nitrogens with zero attached hydrogens (tertiary/aromatic N) is 1. The highest BCUT2D eigenvalue weighted by atomic mass is 16.5. The van der Waals surface area contributed by atoms with Crippen LogP contribution in [0.1, 0.15) is 30.8 Å². The van der Waals surface area contributed by atoms with Crippen LogP contribution in [0.25, 0.3) is 0 Å². The Morgan fingerprint density at radius 3 is 2.78 bits per heavy atom. The lowest BCUT2D eigenvalue weighted by atomic mass is 9.89. The van der Waals surface area contributed by atoms with Crippen LogP contribution in [0.15, 0.2) is 18.3 Å². The first-order valence-corrected chi connectivity index (χ1v) is 5.93. The van der Waals surface area contributed by atoms with E-state index < -0.39 is 0 Å². The van der Waals surface area contributed by atoms with Crippen LogP contribution in [0.2, 0.25) is 0 Å². The monoisotopic (exact) mass is 251 g/mol. The summed E-state index contributed by atoms with van der Waals surface area (Å²) in [4.78, 5) is 15.8. The number of methoxy groups -OCH3 is 1. The van der Waals surface area contributed by atoms with Crippen molar-refractivity contribution in [1.29, 1.82) is 0 Å². The van der Waals surface area contributed by atoms with Gasteiger partial charge in [-0.15, -0.1) is 0 Å². The summed E-state index contributed by atoms with van der Waals surface area (Å²) in [6.07, 6.45) is 2.37. The van der Waals surface area contributed by atoms with E-state index in [1.54, 1.807) is 19.2 Å². The lowest BCUT2D eigenvalue weighted by Crippen LogP contribution is -2.35. The molecule has 1 heterocycles. The van der Waals surface area contributed by atoms with Gasteiger partial charge in [-0.05, 0) is 24.0 Å². The number of rotatable bonds is 6. The van der Waals surface area contributed by atoms with Crippen molar-refractivity contribution in [3.8, 4) is 0 Å². The number of amides is 1. The number of carbonyl (C=O) groups is 1. The third-order valence-corrected chi connectivity index (χ3v) is 2.73. The highest BCUT2D eigenvalue weighted by Crippen LogP contribution is 2.18. The fraction of sp³-hybridized carbons (Fsp3) is 0.538. The molecule has 0 aliphatic carbocycles. The van der Waals surface area contributed by atoms with Crippen molar-refractivity contribution in [1.82, 2.24) is 10.3 Å². The van der Waals surface area contributed by atoms with Crippen LogP contribution >= 0.6 is 0 Å². The Kier molecular flexibility index (Phi) is 5.09. The first kappa shape index (κ1) is 14.4. The van der Waals surface area contributed by atoms with Crippen LogP contribution in [0.3, 0.4) is 0 Å². The van der Waals surface area contributed by atoms with Crippen molar-refractivity contribution in [3.05, 3.63) is 24.0 Å². The fourth-order valence-corrected chi connectivity index (χ4v) is 1.42. The van der Waals surface area contributed by atoms with Crippen LogP contribution in [0.5, 0.6) is 0 Å². The minimum atomic E-state index is -0.180. The molecule has 3 N–H and O–H groups in total. The van der Waals surface area contributed by atoms with E-state index in [2.05, 4.69) is 24.1 Å². The average Bonchev–Trinajstić information content (AvgIpc) is 2.35. The van der Waals surface area contributed by atoms with Crippen molar-refractivity contribution in [2.45, 2.75) is 20.3 Å². The number of hydrogen-bond donors (Lipinski definition) is 2. The average molecular weight is 251 g/mol. The van der Waals surface area contributed by atoms with E-state index in [9.17, 15) is 4.79 Å². The lowest BCUT2D eigenvalue weighted by molar-refractivity contribution is 0.0916. The van der Waals surface area contributed by atoms with Gasteiger partial charge in [-0.2, -0.15) is 0 Å². The van der Waals surface area contributed by atoms with Gasteiger partial charge in [-0.3, -0.25) is 4.79 Å². The molecule has 1 aromatic rings. The van der Waals surface area contributed by atoms with Crippen molar-refractivity contribution < 1.29 is 9.53 Å². The molecule has 1 amide bonds. The van der Waals surface area contributed by atoms with E-state index in [-0.39, 0.29) is 11.3 Å². The number of nitrogens with one attached hydrogen (secondary N) is 1. The van der Waals surface area contributed by atoms with Gasteiger partial charge < -0.3 is 15.8 Å². The normalized spacial score (nSPS) is 11.3. The van der Waals surface area contributed by atoms with Gasteiger partial charge in [0.05, 0.1) is 11.9 Å². The van der Waals surface area contributed by atoms with Crippen LogP contribution in [-0.4, -0.2) is 31.2 Å². The fourth-order valence-electron chi connectivity index (χ4n) is 1.42. The Labute approximate surface area is 108 Å². The molecule has 0 bridgehead atoms. The summed E-state index contributed by atoms with van der Waals surface area (Å²) in [6, 6.07) is 3.28. The summed E-state index contributed by atoms with van der Waals surface area (Å²) in [7, 11) is 1.67. The van der Waals surface area contributed by atoms with Gasteiger partial charge in [0.15, 0.2) is 0 Å². The summed E-state index contributed by atoms with van der Waals surface area (Å²) in [5.41, 5.74) is 6.45. The van der Waals surface area contributed by atoms with Crippen LogP contribution in [0, 0.1) is 5.41 Å². The minimum Gasteiger partial charge on any atom is -0.397 e. The van der Waals surface area contributed by atoms with Gasteiger partial charge in [0.25, 0.3) is 5.91 Å². The Hall–Kier alpha value is -1.62. The van der Waals surface area contributed by atoms with Crippen molar-refractivity contribution >= 4 is 11.6 Å². The number of nitrogen functional groups attached to an aromatic ring is 1. The Morgan fingerprint density at radius 2 is 2.22 bits per heavy atom. The molecule has 5 heteroatoms. The molecule has 0 radical (unpaired) electrons. The minimum absolute atomic E-state index is 0.000518. The zero-order valence-corrected chi connectivity index (χ0v) is 11.2. The number of ether oxygens (including phenoxy) is 1. The number of anilines is 1. The Morgan fingerprint density at radius 1 is 1.50 bits per heavy atom. The molecule has 100 valence electrons. The summed E-state index contributed by atoms with van der Waals surface area (Å²) in [6.45, 7) is 5.44. The summed E-state index contributed by atoms with van der Waals surface area (Å²) in [5, 5.41) is 2.87. The topological polar surface area (TPSA) is 77.2 Å². The number of pyridine rings is 1. The summed E-state index contributed by atoms with van der Waals surface area (Å²) in [5.74, 6) is -0.180. The first-order chi connectivity index (χ1) is 8.44. The van der Waals surface area contributed by atoms with Crippen LogP contribution in [-0.2, 0) is 4.74 Å². The second-order valence-electron chi connectivity index (χ2n) is 5.07. The molecule has 18 heavy (non-hydrogen) atoms.